The molecule has 0 spiro atoms. The van der Waals surface area contributed by atoms with E-state index in [1.54, 1.807) is 0 Å². The Balaban J connectivity index is 0.00000272. The van der Waals surface area contributed by atoms with E-state index in [0.29, 0.717) is 24.8 Å². The van der Waals surface area contributed by atoms with Crippen molar-refractivity contribution in [1.82, 2.24) is 4.90 Å². The van der Waals surface area contributed by atoms with Crippen molar-refractivity contribution in [2.75, 3.05) is 19.6 Å². The molecule has 1 saturated heterocycles. The van der Waals surface area contributed by atoms with Crippen LogP contribution in [0.4, 0.5) is 0 Å². The maximum Gasteiger partial charge on any atom is 0.223 e. The number of benzene rings is 3. The van der Waals surface area contributed by atoms with Crippen LogP contribution in [0.15, 0.2) is 91.0 Å². The van der Waals surface area contributed by atoms with E-state index in [4.69, 9.17) is 5.73 Å². The molecule has 1 heterocycles. The van der Waals surface area contributed by atoms with E-state index >= 15 is 0 Å². The van der Waals surface area contributed by atoms with Gasteiger partial charge in [0.2, 0.25) is 5.91 Å². The quantitative estimate of drug-likeness (QED) is 0.567. The van der Waals surface area contributed by atoms with Crippen LogP contribution in [0.3, 0.4) is 0 Å². The highest BCUT2D eigenvalue weighted by Gasteiger charge is 2.35. The van der Waals surface area contributed by atoms with E-state index in [9.17, 15) is 4.79 Å². The van der Waals surface area contributed by atoms with E-state index in [0.717, 1.165) is 19.5 Å². The highest BCUT2D eigenvalue weighted by Crippen LogP contribution is 2.34. The van der Waals surface area contributed by atoms with Crippen molar-refractivity contribution in [2.24, 2.45) is 11.7 Å². The first-order chi connectivity index (χ1) is 14.7. The number of carbonyl (C=O) groups excluding carboxylic acids is 1. The fraction of sp³-hybridized carbons (Fsp3) is 0.296. The molecule has 3 aromatic carbocycles. The van der Waals surface area contributed by atoms with Gasteiger partial charge in [-0.05, 0) is 41.5 Å². The van der Waals surface area contributed by atoms with Gasteiger partial charge in [-0.2, -0.15) is 0 Å². The SMILES string of the molecule is Cl.NC[C@@H]1CN(C(=O)CC(Cc2ccccc2)c2ccccc2)C[C@H]1c1ccccc1. The predicted octanol–water partition coefficient (Wildman–Crippen LogP) is 5.03. The summed E-state index contributed by atoms with van der Waals surface area (Å²) in [5, 5.41) is 0. The van der Waals surface area contributed by atoms with Gasteiger partial charge in [0.05, 0.1) is 0 Å². The molecule has 0 aliphatic carbocycles. The first-order valence-electron chi connectivity index (χ1n) is 10.9. The molecule has 0 bridgehead atoms. The van der Waals surface area contributed by atoms with Gasteiger partial charge < -0.3 is 10.6 Å². The summed E-state index contributed by atoms with van der Waals surface area (Å²) in [7, 11) is 0. The lowest BCUT2D eigenvalue weighted by Gasteiger charge is -2.22. The monoisotopic (exact) mass is 434 g/mol. The molecule has 0 saturated carbocycles. The molecule has 3 atom stereocenters. The van der Waals surface area contributed by atoms with Gasteiger partial charge in [-0.1, -0.05) is 91.0 Å². The standard InChI is InChI=1S/C27H30N2O.ClH/c28-18-25-19-29(20-26(25)23-14-8-3-9-15-23)27(30)17-24(22-12-6-2-7-13-22)16-21-10-4-1-5-11-21;/h1-15,24-26H,16-20,28H2;1H/t24?,25-,26+;/m1./s1. The molecule has 1 amide bonds. The summed E-state index contributed by atoms with van der Waals surface area (Å²) in [5.41, 5.74) is 9.86. The summed E-state index contributed by atoms with van der Waals surface area (Å²) in [6.45, 7) is 2.12. The Labute approximate surface area is 191 Å². The number of hydrogen-bond donors (Lipinski definition) is 1. The molecular weight excluding hydrogens is 404 g/mol. The van der Waals surface area contributed by atoms with Gasteiger partial charge in [0, 0.05) is 25.4 Å². The van der Waals surface area contributed by atoms with Gasteiger partial charge in [0.25, 0.3) is 0 Å². The van der Waals surface area contributed by atoms with Crippen LogP contribution in [0, 0.1) is 5.92 Å². The summed E-state index contributed by atoms with van der Waals surface area (Å²) in [4.78, 5) is 15.4. The average molecular weight is 435 g/mol. The zero-order valence-corrected chi connectivity index (χ0v) is 18.6. The Hall–Kier alpha value is -2.62. The maximum absolute atomic E-state index is 13.3. The largest absolute Gasteiger partial charge is 0.342 e. The number of carbonyl (C=O) groups is 1. The summed E-state index contributed by atoms with van der Waals surface area (Å²) in [5.74, 6) is 1.05. The molecule has 2 N–H and O–H groups in total. The van der Waals surface area contributed by atoms with Gasteiger partial charge in [-0.15, -0.1) is 12.4 Å². The molecule has 0 aromatic heterocycles. The van der Waals surface area contributed by atoms with Crippen LogP contribution < -0.4 is 5.73 Å². The van der Waals surface area contributed by atoms with E-state index < -0.39 is 0 Å². The van der Waals surface area contributed by atoms with E-state index in [-0.39, 0.29) is 24.2 Å². The lowest BCUT2D eigenvalue weighted by molar-refractivity contribution is -0.130. The molecule has 1 aliphatic heterocycles. The Bertz CT molecular complexity index is 933. The van der Waals surface area contributed by atoms with Crippen LogP contribution in [-0.2, 0) is 11.2 Å². The Kier molecular flexibility index (Phi) is 8.27. The minimum atomic E-state index is 0. The van der Waals surface area contributed by atoms with Crippen LogP contribution in [0.2, 0.25) is 0 Å². The van der Waals surface area contributed by atoms with Crippen molar-refractivity contribution in [3.05, 3.63) is 108 Å². The van der Waals surface area contributed by atoms with E-state index in [1.807, 2.05) is 23.1 Å². The number of nitrogens with zero attached hydrogens (tertiary/aromatic N) is 1. The van der Waals surface area contributed by atoms with Crippen LogP contribution in [0.25, 0.3) is 0 Å². The molecule has 1 unspecified atom stereocenters. The number of halogens is 1. The number of likely N-dealkylation sites (tertiary alicyclic amines) is 1. The summed E-state index contributed by atoms with van der Waals surface area (Å²) >= 11 is 0. The predicted molar refractivity (Wildman–Crippen MR) is 130 cm³/mol. The number of hydrogen-bond acceptors (Lipinski definition) is 2. The lowest BCUT2D eigenvalue weighted by Crippen LogP contribution is -2.31. The van der Waals surface area contributed by atoms with Gasteiger partial charge in [0.15, 0.2) is 0 Å². The average Bonchev–Trinajstić information content (AvgIpc) is 3.25. The highest BCUT2D eigenvalue weighted by atomic mass is 35.5. The van der Waals surface area contributed by atoms with Gasteiger partial charge >= 0.3 is 0 Å². The van der Waals surface area contributed by atoms with E-state index in [2.05, 4.69) is 72.8 Å². The first-order valence-corrected chi connectivity index (χ1v) is 10.9. The second-order valence-corrected chi connectivity index (χ2v) is 8.31. The van der Waals surface area contributed by atoms with E-state index in [1.165, 1.54) is 16.7 Å². The molecule has 162 valence electrons. The molecular formula is C27H31ClN2O. The number of amides is 1. The summed E-state index contributed by atoms with van der Waals surface area (Å²) in [6.07, 6.45) is 1.39. The Morgan fingerprint density at radius 2 is 1.45 bits per heavy atom. The summed E-state index contributed by atoms with van der Waals surface area (Å²) in [6, 6.07) is 31.4. The molecule has 1 aliphatic rings. The first kappa shape index (κ1) is 23.1. The van der Waals surface area contributed by atoms with Crippen LogP contribution >= 0.6 is 12.4 Å². The molecule has 3 nitrogen and oxygen atoms in total. The van der Waals surface area contributed by atoms with Gasteiger partial charge in [-0.3, -0.25) is 4.79 Å². The topological polar surface area (TPSA) is 46.3 Å². The third-order valence-corrected chi connectivity index (χ3v) is 6.34. The molecule has 3 aromatic rings. The third kappa shape index (κ3) is 5.75. The normalized spacial score (nSPS) is 18.9. The van der Waals surface area contributed by atoms with Crippen LogP contribution in [0.1, 0.15) is 34.9 Å². The Morgan fingerprint density at radius 1 is 0.871 bits per heavy atom. The Morgan fingerprint density at radius 3 is 2.06 bits per heavy atom. The van der Waals surface area contributed by atoms with Crippen molar-refractivity contribution in [3.8, 4) is 0 Å². The number of rotatable bonds is 7. The molecule has 31 heavy (non-hydrogen) atoms. The third-order valence-electron chi connectivity index (χ3n) is 6.34. The van der Waals surface area contributed by atoms with Crippen LogP contribution in [0.5, 0.6) is 0 Å². The minimum Gasteiger partial charge on any atom is -0.342 e. The second kappa shape index (κ2) is 11.1. The second-order valence-electron chi connectivity index (χ2n) is 8.31. The minimum absolute atomic E-state index is 0. The fourth-order valence-electron chi connectivity index (χ4n) is 4.66. The lowest BCUT2D eigenvalue weighted by atomic mass is 9.89. The van der Waals surface area contributed by atoms with Crippen molar-refractivity contribution in [2.45, 2.75) is 24.7 Å². The molecule has 0 radical (unpaired) electrons. The van der Waals surface area contributed by atoms with Crippen molar-refractivity contribution in [1.29, 1.82) is 0 Å². The zero-order chi connectivity index (χ0) is 20.8. The van der Waals surface area contributed by atoms with Crippen LogP contribution in [-0.4, -0.2) is 30.4 Å². The maximum atomic E-state index is 13.3. The highest BCUT2D eigenvalue weighted by molar-refractivity contribution is 5.85. The summed E-state index contributed by atoms with van der Waals surface area (Å²) < 4.78 is 0. The zero-order valence-electron chi connectivity index (χ0n) is 17.8. The molecule has 4 heteroatoms. The van der Waals surface area contributed by atoms with Crippen molar-refractivity contribution >= 4 is 18.3 Å². The smallest absolute Gasteiger partial charge is 0.223 e. The molecule has 4 rings (SSSR count). The number of nitrogens with two attached hydrogens (primary N) is 1. The molecule has 1 fully saturated rings. The van der Waals surface area contributed by atoms with Gasteiger partial charge in [0.1, 0.15) is 0 Å². The van der Waals surface area contributed by atoms with Crippen molar-refractivity contribution < 1.29 is 4.79 Å². The van der Waals surface area contributed by atoms with Gasteiger partial charge in [-0.25, -0.2) is 0 Å². The van der Waals surface area contributed by atoms with Crippen molar-refractivity contribution in [3.63, 3.8) is 0 Å². The fourth-order valence-corrected chi connectivity index (χ4v) is 4.66.